The summed E-state index contributed by atoms with van der Waals surface area (Å²) in [4.78, 5) is 41.0. The third-order valence-corrected chi connectivity index (χ3v) is 6.30. The summed E-state index contributed by atoms with van der Waals surface area (Å²) in [5.74, 6) is -0.761. The zero-order chi connectivity index (χ0) is 22.2. The Morgan fingerprint density at radius 1 is 1.09 bits per heavy atom. The van der Waals surface area contributed by atoms with Crippen molar-refractivity contribution in [2.24, 2.45) is 0 Å². The Labute approximate surface area is 187 Å². The highest BCUT2D eigenvalue weighted by atomic mass is 32.2. The monoisotopic (exact) mass is 450 g/mol. The van der Waals surface area contributed by atoms with Crippen molar-refractivity contribution in [3.63, 3.8) is 0 Å². The molecule has 8 nitrogen and oxygen atoms in total. The minimum atomic E-state index is -0.451. The van der Waals surface area contributed by atoms with E-state index < -0.39 is 11.1 Å². The molecule has 0 saturated carbocycles. The van der Waals surface area contributed by atoms with Crippen LogP contribution in [0.4, 0.5) is 14.9 Å². The number of fused-ring (bicyclic) bond motifs is 1. The molecular weight excluding hydrogens is 431 g/mol. The van der Waals surface area contributed by atoms with E-state index in [9.17, 15) is 9.59 Å². The number of carbonyl (C=O) groups is 2. The summed E-state index contributed by atoms with van der Waals surface area (Å²) in [7, 11) is 2.06. The van der Waals surface area contributed by atoms with Gasteiger partial charge in [-0.05, 0) is 49.2 Å². The highest BCUT2D eigenvalue weighted by Gasteiger charge is 2.25. The minimum absolute atomic E-state index is 0.267. The van der Waals surface area contributed by atoms with Crippen molar-refractivity contribution in [2.45, 2.75) is 0 Å². The van der Waals surface area contributed by atoms with E-state index >= 15 is 4.39 Å². The number of piperazine rings is 1. The number of halogens is 1. The smallest absolute Gasteiger partial charge is 0.290 e. The van der Waals surface area contributed by atoms with Crippen molar-refractivity contribution in [1.82, 2.24) is 25.2 Å². The molecular formula is C22H19FN6O2S. The van der Waals surface area contributed by atoms with Gasteiger partial charge in [-0.3, -0.25) is 14.9 Å². The third-order valence-electron chi connectivity index (χ3n) is 5.49. The Bertz CT molecular complexity index is 1270. The number of hydrogen-bond donors (Lipinski definition) is 1. The van der Waals surface area contributed by atoms with Gasteiger partial charge in [0.2, 0.25) is 0 Å². The fourth-order valence-corrected chi connectivity index (χ4v) is 4.43. The number of nitrogens with zero attached hydrogens (tertiary/aromatic N) is 5. The molecule has 5 rings (SSSR count). The average molecular weight is 450 g/mol. The fourth-order valence-electron chi connectivity index (χ4n) is 3.76. The highest BCUT2D eigenvalue weighted by Crippen LogP contribution is 2.30. The van der Waals surface area contributed by atoms with Crippen LogP contribution in [0.2, 0.25) is 0 Å². The van der Waals surface area contributed by atoms with Gasteiger partial charge in [-0.15, -0.1) is 0 Å². The van der Waals surface area contributed by atoms with Gasteiger partial charge in [0.25, 0.3) is 11.1 Å². The Hall–Kier alpha value is -3.37. The number of aromatic nitrogens is 3. The normalized spacial score (nSPS) is 18.6. The maximum Gasteiger partial charge on any atom is 0.290 e. The Balaban J connectivity index is 1.51. The maximum absolute atomic E-state index is 15.0. The van der Waals surface area contributed by atoms with Crippen LogP contribution in [-0.2, 0) is 4.79 Å². The summed E-state index contributed by atoms with van der Waals surface area (Å²) in [5, 5.41) is 1.80. The van der Waals surface area contributed by atoms with Crippen LogP contribution in [0, 0.1) is 5.82 Å². The first-order valence-corrected chi connectivity index (χ1v) is 10.9. The molecule has 32 heavy (non-hydrogen) atoms. The van der Waals surface area contributed by atoms with Gasteiger partial charge in [0.1, 0.15) is 23.4 Å². The van der Waals surface area contributed by atoms with E-state index in [1.165, 1.54) is 18.5 Å². The number of carbonyl (C=O) groups excluding carboxylic acids is 2. The molecule has 0 atom stereocenters. The van der Waals surface area contributed by atoms with Crippen molar-refractivity contribution in [3.05, 3.63) is 53.1 Å². The van der Waals surface area contributed by atoms with Crippen LogP contribution in [0.1, 0.15) is 5.69 Å². The molecule has 2 fully saturated rings. The number of benzene rings is 1. The molecule has 4 heterocycles. The number of hydrogen-bond acceptors (Lipinski definition) is 8. The van der Waals surface area contributed by atoms with Crippen LogP contribution < -0.4 is 10.2 Å². The standard InChI is InChI=1S/C22H19FN6O2S/c1-28-6-8-29(9-7-28)17-5-2-13(10-15(17)23)19-20-16(24-12-25-19)4-3-14(26-20)11-18-21(30)27-22(31)32-18/h2-5,10-12H,6-9H2,1H3,(H,27,30,31). The molecule has 0 bridgehead atoms. The molecule has 1 N–H and O–H groups in total. The summed E-state index contributed by atoms with van der Waals surface area (Å²) < 4.78 is 15.0. The lowest BCUT2D eigenvalue weighted by Crippen LogP contribution is -2.44. The molecule has 0 radical (unpaired) electrons. The Morgan fingerprint density at radius 2 is 1.91 bits per heavy atom. The predicted molar refractivity (Wildman–Crippen MR) is 122 cm³/mol. The number of rotatable bonds is 3. The van der Waals surface area contributed by atoms with Crippen molar-refractivity contribution in [2.75, 3.05) is 38.1 Å². The Kier molecular flexibility index (Phi) is 5.32. The average Bonchev–Trinajstić information content (AvgIpc) is 3.10. The number of amides is 2. The van der Waals surface area contributed by atoms with Gasteiger partial charge < -0.3 is 9.80 Å². The van der Waals surface area contributed by atoms with Gasteiger partial charge in [-0.1, -0.05) is 6.07 Å². The van der Waals surface area contributed by atoms with E-state index in [2.05, 4.69) is 32.2 Å². The molecule has 3 aromatic rings. The second kappa shape index (κ2) is 8.29. The quantitative estimate of drug-likeness (QED) is 0.609. The third kappa shape index (κ3) is 3.94. The number of likely N-dealkylation sites (N-methyl/N-ethyl adjacent to an activating group) is 1. The minimum Gasteiger partial charge on any atom is -0.367 e. The van der Waals surface area contributed by atoms with Crippen molar-refractivity contribution >= 4 is 45.7 Å². The van der Waals surface area contributed by atoms with Crippen molar-refractivity contribution in [1.29, 1.82) is 0 Å². The molecule has 2 saturated heterocycles. The van der Waals surface area contributed by atoms with Crippen LogP contribution in [-0.4, -0.2) is 64.2 Å². The summed E-state index contributed by atoms with van der Waals surface area (Å²) in [6.45, 7) is 3.33. The fraction of sp³-hybridized carbons (Fsp3) is 0.227. The van der Waals surface area contributed by atoms with Gasteiger partial charge >= 0.3 is 0 Å². The summed E-state index contributed by atoms with van der Waals surface area (Å²) >= 11 is 0.825. The number of anilines is 1. The largest absolute Gasteiger partial charge is 0.367 e. The molecule has 162 valence electrons. The summed E-state index contributed by atoms with van der Waals surface area (Å²) in [5.41, 5.74) is 3.23. The maximum atomic E-state index is 15.0. The van der Waals surface area contributed by atoms with E-state index in [1.807, 2.05) is 11.0 Å². The van der Waals surface area contributed by atoms with Gasteiger partial charge in [0.05, 0.1) is 21.8 Å². The molecule has 2 aromatic heterocycles. The van der Waals surface area contributed by atoms with Crippen LogP contribution in [0.5, 0.6) is 0 Å². The number of nitrogens with one attached hydrogen (secondary N) is 1. The lowest BCUT2D eigenvalue weighted by molar-refractivity contribution is -0.115. The molecule has 10 heteroatoms. The van der Waals surface area contributed by atoms with Crippen molar-refractivity contribution in [3.8, 4) is 11.3 Å². The van der Waals surface area contributed by atoms with E-state index in [-0.39, 0.29) is 10.7 Å². The molecule has 2 aliphatic heterocycles. The zero-order valence-corrected chi connectivity index (χ0v) is 18.0. The predicted octanol–water partition coefficient (Wildman–Crippen LogP) is 2.91. The molecule has 0 aliphatic carbocycles. The van der Waals surface area contributed by atoms with Crippen LogP contribution in [0.15, 0.2) is 41.6 Å². The molecule has 2 amide bonds. The Morgan fingerprint density at radius 3 is 2.62 bits per heavy atom. The first kappa shape index (κ1) is 20.5. The van der Waals surface area contributed by atoms with Gasteiger partial charge in [0.15, 0.2) is 0 Å². The van der Waals surface area contributed by atoms with E-state index in [0.717, 1.165) is 37.9 Å². The summed E-state index contributed by atoms with van der Waals surface area (Å²) in [6, 6.07) is 8.56. The van der Waals surface area contributed by atoms with Crippen LogP contribution in [0.3, 0.4) is 0 Å². The highest BCUT2D eigenvalue weighted by molar-refractivity contribution is 8.18. The molecule has 2 aliphatic rings. The first-order chi connectivity index (χ1) is 15.5. The van der Waals surface area contributed by atoms with E-state index in [1.54, 1.807) is 18.2 Å². The SMILES string of the molecule is CN1CCN(c2ccc(-c3ncnc4ccc(C=C5SC(=O)NC5=O)nc34)cc2F)CC1. The first-order valence-electron chi connectivity index (χ1n) is 10.1. The summed E-state index contributed by atoms with van der Waals surface area (Å²) in [6.07, 6.45) is 2.96. The second-order valence-electron chi connectivity index (χ2n) is 7.63. The van der Waals surface area contributed by atoms with Gasteiger partial charge in [0, 0.05) is 31.7 Å². The number of thioether (sulfide) groups is 1. The number of imide groups is 1. The van der Waals surface area contributed by atoms with Crippen molar-refractivity contribution < 1.29 is 14.0 Å². The van der Waals surface area contributed by atoms with E-state index in [4.69, 9.17) is 0 Å². The van der Waals surface area contributed by atoms with E-state index in [0.29, 0.717) is 33.7 Å². The topological polar surface area (TPSA) is 91.3 Å². The van der Waals surface area contributed by atoms with Gasteiger partial charge in [-0.2, -0.15) is 0 Å². The lowest BCUT2D eigenvalue weighted by Gasteiger charge is -2.34. The van der Waals surface area contributed by atoms with Crippen LogP contribution >= 0.6 is 11.8 Å². The second-order valence-corrected chi connectivity index (χ2v) is 8.65. The lowest BCUT2D eigenvalue weighted by atomic mass is 10.1. The molecule has 0 spiro atoms. The van der Waals surface area contributed by atoms with Crippen LogP contribution in [0.25, 0.3) is 28.4 Å². The zero-order valence-electron chi connectivity index (χ0n) is 17.2. The molecule has 0 unspecified atom stereocenters. The van der Waals surface area contributed by atoms with Gasteiger partial charge in [-0.25, -0.2) is 19.3 Å². The molecule has 1 aromatic carbocycles. The number of pyridine rings is 1.